The standard InChI is InChI=1S/C54H40N2O2/c1-33-13-5-9-17-45(33)55(46-18-10-6-14-34(46)2)41-23-21-37-29-43-51(31-39(37)27-41)57-49-25-26-50-54(53(43)49)44-30-38-22-24-42(28-40(38)32-52(44)58-50)56(47-19-11-7-15-35(47)3)48-20-12-8-16-36(48)4/h5-32H,1-4H3. The Labute approximate surface area is 336 Å². The van der Waals surface area contributed by atoms with Crippen LogP contribution in [0.1, 0.15) is 22.3 Å². The summed E-state index contributed by atoms with van der Waals surface area (Å²) < 4.78 is 13.3. The minimum atomic E-state index is 0.852. The lowest BCUT2D eigenvalue weighted by Gasteiger charge is -2.28. The van der Waals surface area contributed by atoms with Gasteiger partial charge in [-0.05, 0) is 156 Å². The number of rotatable bonds is 6. The molecule has 0 N–H and O–H groups in total. The molecule has 0 aliphatic rings. The minimum absolute atomic E-state index is 0.852. The van der Waals surface area contributed by atoms with Crippen molar-refractivity contribution in [2.75, 3.05) is 9.80 Å². The van der Waals surface area contributed by atoms with Crippen LogP contribution in [0, 0.1) is 27.7 Å². The summed E-state index contributed by atoms with van der Waals surface area (Å²) in [6.07, 6.45) is 0. The van der Waals surface area contributed by atoms with E-state index in [0.717, 1.165) is 99.5 Å². The van der Waals surface area contributed by atoms with Crippen LogP contribution in [0.15, 0.2) is 179 Å². The van der Waals surface area contributed by atoms with E-state index in [1.165, 1.54) is 22.3 Å². The molecule has 0 amide bonds. The van der Waals surface area contributed by atoms with E-state index in [2.05, 4.69) is 195 Å². The van der Waals surface area contributed by atoms with E-state index >= 15 is 0 Å². The monoisotopic (exact) mass is 748 g/mol. The van der Waals surface area contributed by atoms with Crippen LogP contribution in [0.3, 0.4) is 0 Å². The average Bonchev–Trinajstić information content (AvgIpc) is 3.78. The molecule has 0 unspecified atom stereocenters. The zero-order valence-corrected chi connectivity index (χ0v) is 32.9. The smallest absolute Gasteiger partial charge is 0.136 e. The molecule has 0 aliphatic carbocycles. The maximum Gasteiger partial charge on any atom is 0.136 e. The van der Waals surface area contributed by atoms with Gasteiger partial charge in [-0.1, -0.05) is 84.9 Å². The maximum absolute atomic E-state index is 6.67. The average molecular weight is 749 g/mol. The summed E-state index contributed by atoms with van der Waals surface area (Å²) >= 11 is 0. The molecule has 2 heterocycles. The van der Waals surface area contributed by atoms with Crippen molar-refractivity contribution in [1.29, 1.82) is 0 Å². The molecule has 58 heavy (non-hydrogen) atoms. The lowest BCUT2D eigenvalue weighted by atomic mass is 10.00. The predicted molar refractivity (Wildman–Crippen MR) is 244 cm³/mol. The van der Waals surface area contributed by atoms with Gasteiger partial charge in [-0.2, -0.15) is 0 Å². The van der Waals surface area contributed by atoms with Gasteiger partial charge in [-0.3, -0.25) is 0 Å². The first kappa shape index (κ1) is 34.0. The van der Waals surface area contributed by atoms with E-state index in [-0.39, 0.29) is 0 Å². The highest BCUT2D eigenvalue weighted by molar-refractivity contribution is 6.27. The third-order valence-electron chi connectivity index (χ3n) is 11.9. The normalized spacial score (nSPS) is 11.8. The summed E-state index contributed by atoms with van der Waals surface area (Å²) in [5.74, 6) is 0. The fourth-order valence-electron chi connectivity index (χ4n) is 8.95. The topological polar surface area (TPSA) is 32.8 Å². The summed E-state index contributed by atoms with van der Waals surface area (Å²) in [5.41, 5.74) is 15.1. The molecule has 2 aromatic heterocycles. The Hall–Kier alpha value is -7.30. The molecular weight excluding hydrogens is 709 g/mol. The fraction of sp³-hybridized carbons (Fsp3) is 0.0741. The second kappa shape index (κ2) is 13.1. The van der Waals surface area contributed by atoms with E-state index in [1.54, 1.807) is 0 Å². The molecule has 11 aromatic rings. The van der Waals surface area contributed by atoms with Gasteiger partial charge >= 0.3 is 0 Å². The lowest BCUT2D eigenvalue weighted by molar-refractivity contribution is 0.663. The first-order chi connectivity index (χ1) is 28.4. The Morgan fingerprint density at radius 3 is 1.00 bits per heavy atom. The van der Waals surface area contributed by atoms with Crippen LogP contribution in [0.5, 0.6) is 0 Å². The number of hydrogen-bond acceptors (Lipinski definition) is 4. The van der Waals surface area contributed by atoms with Crippen molar-refractivity contribution in [3.05, 3.63) is 192 Å². The van der Waals surface area contributed by atoms with Crippen molar-refractivity contribution in [2.45, 2.75) is 27.7 Å². The van der Waals surface area contributed by atoms with E-state index < -0.39 is 0 Å². The highest BCUT2D eigenvalue weighted by Crippen LogP contribution is 2.45. The van der Waals surface area contributed by atoms with E-state index in [9.17, 15) is 0 Å². The largest absolute Gasteiger partial charge is 0.456 e. The number of aryl methyl sites for hydroxylation is 4. The van der Waals surface area contributed by atoms with Crippen LogP contribution in [0.2, 0.25) is 0 Å². The molecule has 0 saturated carbocycles. The highest BCUT2D eigenvalue weighted by Gasteiger charge is 2.21. The van der Waals surface area contributed by atoms with Gasteiger partial charge in [0, 0.05) is 55.7 Å². The number of furan rings is 2. The van der Waals surface area contributed by atoms with Gasteiger partial charge in [-0.25, -0.2) is 0 Å². The van der Waals surface area contributed by atoms with Gasteiger partial charge in [0.15, 0.2) is 0 Å². The van der Waals surface area contributed by atoms with Crippen LogP contribution in [-0.2, 0) is 0 Å². The highest BCUT2D eigenvalue weighted by atomic mass is 16.3. The molecule has 9 aromatic carbocycles. The zero-order chi connectivity index (χ0) is 39.1. The van der Waals surface area contributed by atoms with Gasteiger partial charge in [-0.15, -0.1) is 0 Å². The van der Waals surface area contributed by atoms with Gasteiger partial charge in [0.1, 0.15) is 22.3 Å². The van der Waals surface area contributed by atoms with Crippen molar-refractivity contribution in [3.8, 4) is 0 Å². The molecule has 0 spiro atoms. The number of benzene rings is 9. The number of nitrogens with zero attached hydrogens (tertiary/aromatic N) is 2. The molecule has 0 bridgehead atoms. The second-order valence-electron chi connectivity index (χ2n) is 15.6. The third-order valence-corrected chi connectivity index (χ3v) is 11.9. The third kappa shape index (κ3) is 5.37. The van der Waals surface area contributed by atoms with Gasteiger partial charge in [0.05, 0.1) is 0 Å². The number of hydrogen-bond donors (Lipinski definition) is 0. The van der Waals surface area contributed by atoms with Gasteiger partial charge < -0.3 is 18.6 Å². The number of para-hydroxylation sites is 4. The van der Waals surface area contributed by atoms with Crippen molar-refractivity contribution >= 4 is 99.5 Å². The Kier molecular flexibility index (Phi) is 7.70. The van der Waals surface area contributed by atoms with Crippen LogP contribution >= 0.6 is 0 Å². The fourth-order valence-corrected chi connectivity index (χ4v) is 8.95. The zero-order valence-electron chi connectivity index (χ0n) is 32.9. The van der Waals surface area contributed by atoms with E-state index in [0.29, 0.717) is 0 Å². The molecular formula is C54H40N2O2. The molecule has 0 radical (unpaired) electrons. The van der Waals surface area contributed by atoms with Crippen LogP contribution in [-0.4, -0.2) is 0 Å². The van der Waals surface area contributed by atoms with E-state index in [4.69, 9.17) is 8.83 Å². The molecule has 278 valence electrons. The quantitative estimate of drug-likeness (QED) is 0.170. The summed E-state index contributed by atoms with van der Waals surface area (Å²) in [5, 5.41) is 8.89. The van der Waals surface area contributed by atoms with Crippen molar-refractivity contribution < 1.29 is 8.83 Å². The summed E-state index contributed by atoms with van der Waals surface area (Å²) in [6.45, 7) is 8.69. The van der Waals surface area contributed by atoms with Gasteiger partial charge in [0.2, 0.25) is 0 Å². The summed E-state index contributed by atoms with van der Waals surface area (Å²) in [7, 11) is 0. The molecule has 4 nitrogen and oxygen atoms in total. The maximum atomic E-state index is 6.67. The summed E-state index contributed by atoms with van der Waals surface area (Å²) in [6, 6.07) is 60.9. The Morgan fingerprint density at radius 2 is 0.655 bits per heavy atom. The SMILES string of the molecule is Cc1ccccc1N(c1ccc2cc3c(cc2c1)oc1ccc2oc4cc5cc(N(c6ccccc6C)c6ccccc6C)ccc5cc4c2c13)c1ccccc1C. The van der Waals surface area contributed by atoms with E-state index in [1.807, 2.05) is 12.1 Å². The number of fused-ring (bicyclic) bond motifs is 9. The van der Waals surface area contributed by atoms with Crippen LogP contribution in [0.25, 0.3) is 65.4 Å². The summed E-state index contributed by atoms with van der Waals surface area (Å²) in [4.78, 5) is 4.73. The first-order valence-corrected chi connectivity index (χ1v) is 19.9. The molecule has 0 aliphatic heterocycles. The Morgan fingerprint density at radius 1 is 0.310 bits per heavy atom. The van der Waals surface area contributed by atoms with Crippen LogP contribution < -0.4 is 9.80 Å². The predicted octanol–water partition coefficient (Wildman–Crippen LogP) is 16.0. The molecule has 11 rings (SSSR count). The molecule has 0 fully saturated rings. The second-order valence-corrected chi connectivity index (χ2v) is 15.6. The minimum Gasteiger partial charge on any atom is -0.456 e. The van der Waals surface area contributed by atoms with Gasteiger partial charge in [0.25, 0.3) is 0 Å². The first-order valence-electron chi connectivity index (χ1n) is 19.9. The molecule has 4 heteroatoms. The number of anilines is 6. The Bertz CT molecular complexity index is 3100. The van der Waals surface area contributed by atoms with Crippen LogP contribution in [0.4, 0.5) is 34.1 Å². The lowest BCUT2D eigenvalue weighted by Crippen LogP contribution is -2.12. The molecule has 0 saturated heterocycles. The van der Waals surface area contributed by atoms with Crippen molar-refractivity contribution in [3.63, 3.8) is 0 Å². The van der Waals surface area contributed by atoms with Crippen molar-refractivity contribution in [1.82, 2.24) is 0 Å². The molecule has 0 atom stereocenters. The van der Waals surface area contributed by atoms with Crippen molar-refractivity contribution in [2.24, 2.45) is 0 Å². The Balaban J connectivity index is 1.06.